The fourth-order valence-electron chi connectivity index (χ4n) is 4.17. The summed E-state index contributed by atoms with van der Waals surface area (Å²) in [6.07, 6.45) is 4.49. The molecule has 3 aromatic rings. The minimum Gasteiger partial charge on any atom is -0.481 e. The van der Waals surface area contributed by atoms with Crippen molar-refractivity contribution in [2.24, 2.45) is 0 Å². The summed E-state index contributed by atoms with van der Waals surface area (Å²) in [5, 5.41) is 10.7. The highest BCUT2D eigenvalue weighted by atomic mass is 35.5. The first-order valence-corrected chi connectivity index (χ1v) is 12.3. The van der Waals surface area contributed by atoms with Crippen molar-refractivity contribution in [2.45, 2.75) is 49.5 Å². The van der Waals surface area contributed by atoms with Crippen LogP contribution in [0.25, 0.3) is 22.2 Å². The molecule has 9 heteroatoms. The van der Waals surface area contributed by atoms with E-state index in [1.165, 1.54) is 12.1 Å². The van der Waals surface area contributed by atoms with Crippen LogP contribution in [0.5, 0.6) is 0 Å². The number of halogens is 2. The molecule has 0 amide bonds. The zero-order chi connectivity index (χ0) is 22.2. The van der Waals surface area contributed by atoms with E-state index in [4.69, 9.17) is 23.2 Å². The van der Waals surface area contributed by atoms with E-state index in [-0.39, 0.29) is 22.4 Å². The van der Waals surface area contributed by atoms with E-state index in [1.54, 1.807) is 24.3 Å². The average molecular weight is 481 g/mol. The lowest BCUT2D eigenvalue weighted by molar-refractivity contribution is -0.136. The molecule has 1 aliphatic rings. The minimum absolute atomic E-state index is 0.0183. The van der Waals surface area contributed by atoms with Gasteiger partial charge in [0.05, 0.1) is 17.1 Å². The molecule has 1 heterocycles. The van der Waals surface area contributed by atoms with Crippen LogP contribution >= 0.6 is 23.2 Å². The van der Waals surface area contributed by atoms with Gasteiger partial charge in [-0.1, -0.05) is 48.5 Å². The molecule has 4 rings (SSSR count). The normalized spacial score (nSPS) is 15.4. The van der Waals surface area contributed by atoms with Gasteiger partial charge in [0, 0.05) is 22.0 Å². The number of nitrogens with one attached hydrogen (secondary N) is 2. The summed E-state index contributed by atoms with van der Waals surface area (Å²) in [6.45, 7) is 0. The van der Waals surface area contributed by atoms with Crippen molar-refractivity contribution in [1.82, 2.24) is 9.71 Å². The van der Waals surface area contributed by atoms with Gasteiger partial charge in [0.2, 0.25) is 10.0 Å². The molecule has 1 saturated carbocycles. The number of aliphatic carboxylic acids is 1. The Morgan fingerprint density at radius 1 is 1.10 bits per heavy atom. The van der Waals surface area contributed by atoms with Gasteiger partial charge in [0.25, 0.3) is 0 Å². The van der Waals surface area contributed by atoms with E-state index < -0.39 is 16.0 Å². The fourth-order valence-corrected chi connectivity index (χ4v) is 6.17. The fraction of sp³-hybridized carbons (Fsp3) is 0.318. The highest BCUT2D eigenvalue weighted by Crippen LogP contribution is 2.35. The Kier molecular flexibility index (Phi) is 6.30. The number of hydrogen-bond donors (Lipinski definition) is 3. The molecule has 164 valence electrons. The van der Waals surface area contributed by atoms with Gasteiger partial charge in [0.15, 0.2) is 0 Å². The first-order chi connectivity index (χ1) is 14.7. The number of carbonyl (C=O) groups is 1. The molecular weight excluding hydrogens is 459 g/mol. The van der Waals surface area contributed by atoms with Crippen LogP contribution in [0.3, 0.4) is 0 Å². The number of carboxylic acids is 1. The Bertz CT molecular complexity index is 1250. The standard InChI is InChI=1S/C22H22Cl2N2O4S/c23-14-7-9-19-16(11-14)17(12-21(27)28)22(25-19)13-6-8-18(24)20(10-13)31(29,30)26-15-4-2-1-3-5-15/h6-11,15,25-26H,1-5,12H2,(H,27,28). The first kappa shape index (κ1) is 22.1. The number of carboxylic acid groups (broad SMARTS) is 1. The lowest BCUT2D eigenvalue weighted by Crippen LogP contribution is -2.36. The summed E-state index contributed by atoms with van der Waals surface area (Å²) >= 11 is 12.4. The number of hydrogen-bond acceptors (Lipinski definition) is 3. The Morgan fingerprint density at radius 2 is 1.84 bits per heavy atom. The Hall–Kier alpha value is -2.06. The van der Waals surface area contributed by atoms with Crippen LogP contribution in [0.2, 0.25) is 10.0 Å². The lowest BCUT2D eigenvalue weighted by Gasteiger charge is -2.23. The lowest BCUT2D eigenvalue weighted by atomic mass is 9.96. The second-order valence-corrected chi connectivity index (χ2v) is 10.4. The van der Waals surface area contributed by atoms with Crippen molar-refractivity contribution in [3.8, 4) is 11.3 Å². The number of aromatic nitrogens is 1. The predicted molar refractivity (Wildman–Crippen MR) is 122 cm³/mol. The molecule has 0 spiro atoms. The van der Waals surface area contributed by atoms with Gasteiger partial charge >= 0.3 is 5.97 Å². The molecule has 1 aliphatic carbocycles. The number of benzene rings is 2. The summed E-state index contributed by atoms with van der Waals surface area (Å²) in [7, 11) is -3.83. The minimum atomic E-state index is -3.83. The van der Waals surface area contributed by atoms with Crippen molar-refractivity contribution in [3.05, 3.63) is 52.0 Å². The van der Waals surface area contributed by atoms with Gasteiger partial charge in [-0.15, -0.1) is 0 Å². The van der Waals surface area contributed by atoms with Crippen LogP contribution < -0.4 is 4.72 Å². The second kappa shape index (κ2) is 8.82. The Labute approximate surface area is 190 Å². The van der Waals surface area contributed by atoms with Crippen molar-refractivity contribution in [2.75, 3.05) is 0 Å². The van der Waals surface area contributed by atoms with Crippen LogP contribution in [0.15, 0.2) is 41.3 Å². The smallest absolute Gasteiger partial charge is 0.307 e. The van der Waals surface area contributed by atoms with Gasteiger partial charge in [-0.3, -0.25) is 4.79 Å². The number of fused-ring (bicyclic) bond motifs is 1. The highest BCUT2D eigenvalue weighted by Gasteiger charge is 2.25. The van der Waals surface area contributed by atoms with Crippen LogP contribution in [0, 0.1) is 0 Å². The predicted octanol–water partition coefficient (Wildman–Crippen LogP) is 5.38. The van der Waals surface area contributed by atoms with E-state index in [0.717, 1.165) is 37.6 Å². The molecule has 0 atom stereocenters. The molecule has 2 aromatic carbocycles. The van der Waals surface area contributed by atoms with Crippen molar-refractivity contribution in [3.63, 3.8) is 0 Å². The van der Waals surface area contributed by atoms with Gasteiger partial charge in [0.1, 0.15) is 4.90 Å². The quantitative estimate of drug-likeness (QED) is 0.440. The van der Waals surface area contributed by atoms with E-state index in [9.17, 15) is 18.3 Å². The third kappa shape index (κ3) is 4.75. The van der Waals surface area contributed by atoms with Crippen LogP contribution in [0.4, 0.5) is 0 Å². The molecule has 0 saturated heterocycles. The topological polar surface area (TPSA) is 99.3 Å². The molecule has 0 unspecified atom stereocenters. The molecule has 1 fully saturated rings. The largest absolute Gasteiger partial charge is 0.481 e. The summed E-state index contributed by atoms with van der Waals surface area (Å²) in [6, 6.07) is 9.77. The maximum absolute atomic E-state index is 13.1. The number of aromatic amines is 1. The average Bonchev–Trinajstić information content (AvgIpc) is 3.05. The summed E-state index contributed by atoms with van der Waals surface area (Å²) in [5.74, 6) is -0.997. The van der Waals surface area contributed by atoms with Crippen LogP contribution in [0.1, 0.15) is 37.7 Å². The van der Waals surface area contributed by atoms with Crippen LogP contribution in [-0.4, -0.2) is 30.5 Å². The van der Waals surface area contributed by atoms with Crippen molar-refractivity contribution in [1.29, 1.82) is 0 Å². The molecule has 0 aliphatic heterocycles. The first-order valence-electron chi connectivity index (χ1n) is 10.1. The third-order valence-electron chi connectivity index (χ3n) is 5.63. The van der Waals surface area contributed by atoms with Crippen LogP contribution in [-0.2, 0) is 21.2 Å². The number of H-pyrrole nitrogens is 1. The maximum Gasteiger partial charge on any atom is 0.307 e. The van der Waals surface area contributed by atoms with Gasteiger partial charge in [-0.05, 0) is 54.3 Å². The molecule has 3 N–H and O–H groups in total. The van der Waals surface area contributed by atoms with E-state index >= 15 is 0 Å². The summed E-state index contributed by atoms with van der Waals surface area (Å²) in [5.41, 5.74) is 2.33. The molecule has 0 radical (unpaired) electrons. The van der Waals surface area contributed by atoms with Gasteiger partial charge < -0.3 is 10.1 Å². The SMILES string of the molecule is O=C(O)Cc1c(-c2ccc(Cl)c(S(=O)(=O)NC3CCCCC3)c2)[nH]c2ccc(Cl)cc12. The zero-order valence-electron chi connectivity index (χ0n) is 16.6. The maximum atomic E-state index is 13.1. The molecule has 1 aromatic heterocycles. The molecular formula is C22H22Cl2N2O4S. The van der Waals surface area contributed by atoms with Crippen molar-refractivity contribution < 1.29 is 18.3 Å². The third-order valence-corrected chi connectivity index (χ3v) is 7.87. The Morgan fingerprint density at radius 3 is 2.55 bits per heavy atom. The van der Waals surface area contributed by atoms with E-state index in [0.29, 0.717) is 27.2 Å². The van der Waals surface area contributed by atoms with Gasteiger partial charge in [-0.2, -0.15) is 0 Å². The molecule has 0 bridgehead atoms. The second-order valence-electron chi connectivity index (χ2n) is 7.84. The number of sulfonamides is 1. The van der Waals surface area contributed by atoms with E-state index in [2.05, 4.69) is 9.71 Å². The monoisotopic (exact) mass is 480 g/mol. The van der Waals surface area contributed by atoms with Crippen molar-refractivity contribution >= 4 is 50.1 Å². The number of rotatable bonds is 6. The highest BCUT2D eigenvalue weighted by molar-refractivity contribution is 7.89. The summed E-state index contributed by atoms with van der Waals surface area (Å²) in [4.78, 5) is 14.7. The summed E-state index contributed by atoms with van der Waals surface area (Å²) < 4.78 is 28.9. The Balaban J connectivity index is 1.79. The van der Waals surface area contributed by atoms with Gasteiger partial charge in [-0.25, -0.2) is 13.1 Å². The molecule has 31 heavy (non-hydrogen) atoms. The van der Waals surface area contributed by atoms with E-state index in [1.807, 2.05) is 0 Å². The zero-order valence-corrected chi connectivity index (χ0v) is 18.9. The molecule has 6 nitrogen and oxygen atoms in total.